The zero-order valence-corrected chi connectivity index (χ0v) is 17.5. The van der Waals surface area contributed by atoms with Crippen LogP contribution in [0.5, 0.6) is 0 Å². The first-order valence-electron chi connectivity index (χ1n) is 5.76. The molecule has 1 radical (unpaired) electrons. The third-order valence-electron chi connectivity index (χ3n) is 2.98. The summed E-state index contributed by atoms with van der Waals surface area (Å²) >= 11 is 7.69. The Hall–Kier alpha value is 0.630. The van der Waals surface area contributed by atoms with Gasteiger partial charge in [-0.05, 0) is 12.2 Å². The van der Waals surface area contributed by atoms with Crippen molar-refractivity contribution in [2.75, 3.05) is 0 Å². The van der Waals surface area contributed by atoms with Gasteiger partial charge in [0, 0.05) is 14.8 Å². The van der Waals surface area contributed by atoms with E-state index in [9.17, 15) is 39.2 Å². The van der Waals surface area contributed by atoms with Crippen molar-refractivity contribution in [1.82, 2.24) is 0 Å². The zero-order valence-electron chi connectivity index (χ0n) is 11.3. The molecular weight excluding hydrogens is 616 g/mol. The van der Waals surface area contributed by atoms with E-state index in [0.29, 0.717) is 12.2 Å². The topological polar surface area (TPSA) is 34.1 Å². The van der Waals surface area contributed by atoms with Crippen molar-refractivity contribution in [3.8, 4) is 0 Å². The molecule has 0 spiro atoms. The summed E-state index contributed by atoms with van der Waals surface area (Å²) in [5, 5.41) is -6.38. The van der Waals surface area contributed by atoms with Crippen LogP contribution in [0.25, 0.3) is 0 Å². The fourth-order valence-corrected chi connectivity index (χ4v) is 5.03. The maximum absolute atomic E-state index is 13.7. The normalized spacial score (nSPS) is 25.1. The quantitative estimate of drug-likeness (QED) is 0.235. The predicted octanol–water partition coefficient (Wildman–Crippen LogP) is 5.53. The molecule has 2 unspecified atom stereocenters. The van der Waals surface area contributed by atoms with Crippen LogP contribution in [-0.4, -0.2) is 34.0 Å². The minimum Gasteiger partial charge on any atom is -0.217 e. The van der Waals surface area contributed by atoms with Gasteiger partial charge in [0.25, 0.3) is 0 Å². The predicted molar refractivity (Wildman–Crippen MR) is 89.4 cm³/mol. The first-order valence-corrected chi connectivity index (χ1v) is 10.1. The monoisotopic (exact) mass is 621 g/mol. The summed E-state index contributed by atoms with van der Waals surface area (Å²) in [5.41, 5.74) is 0. The summed E-state index contributed by atoms with van der Waals surface area (Å²) in [6, 6.07) is 0. The molecule has 0 aromatic carbocycles. The number of sulfone groups is 1. The molecule has 0 aromatic rings. The molecule has 0 fully saturated rings. The van der Waals surface area contributed by atoms with Gasteiger partial charge in [-0.2, -0.15) is 30.7 Å². The standard InChI is InChI=1S/C11H7Br2F7IO2S/c1-5(21)8(13)3-6(12)2-7(4-8)24(22,23)11(19,20)9(14,15)10(16,17)18/h2-5H,1H3. The van der Waals surface area contributed by atoms with E-state index in [2.05, 4.69) is 31.9 Å². The Balaban J connectivity index is 3.57. The molecule has 0 saturated heterocycles. The Morgan fingerprint density at radius 3 is 2.00 bits per heavy atom. The van der Waals surface area contributed by atoms with Crippen LogP contribution in [0.2, 0.25) is 0 Å². The number of halogens is 10. The van der Waals surface area contributed by atoms with Crippen LogP contribution < -0.4 is 0 Å². The van der Waals surface area contributed by atoms with Crippen LogP contribution in [0.1, 0.15) is 6.92 Å². The highest BCUT2D eigenvalue weighted by Gasteiger charge is 2.79. The number of hydrogen-bond donors (Lipinski definition) is 0. The van der Waals surface area contributed by atoms with Crippen molar-refractivity contribution >= 4 is 64.3 Å². The molecule has 0 bridgehead atoms. The molecule has 24 heavy (non-hydrogen) atoms. The average molecular weight is 623 g/mol. The van der Waals surface area contributed by atoms with Crippen LogP contribution >= 0.6 is 54.5 Å². The summed E-state index contributed by atoms with van der Waals surface area (Å²) < 4.78 is 112. The van der Waals surface area contributed by atoms with Gasteiger partial charge in [0.2, 0.25) is 9.84 Å². The van der Waals surface area contributed by atoms with Crippen molar-refractivity contribution in [2.45, 2.75) is 32.5 Å². The smallest absolute Gasteiger partial charge is 0.217 e. The molecule has 0 saturated carbocycles. The van der Waals surface area contributed by atoms with Crippen LogP contribution in [0, 0.1) is 6.42 Å². The van der Waals surface area contributed by atoms with Crippen LogP contribution in [0.15, 0.2) is 21.5 Å². The molecule has 0 amide bonds. The summed E-state index contributed by atoms with van der Waals surface area (Å²) in [5.74, 6) is -6.76. The van der Waals surface area contributed by atoms with E-state index in [-0.39, 0.29) is 4.48 Å². The molecular formula is C11H7Br2F7IO2S. The summed E-state index contributed by atoms with van der Waals surface area (Å²) in [4.78, 5) is -1.36. The van der Waals surface area contributed by atoms with Gasteiger partial charge in [-0.3, -0.25) is 0 Å². The molecule has 139 valence electrons. The molecule has 0 N–H and O–H groups in total. The molecule has 1 rings (SSSR count). The maximum Gasteiger partial charge on any atom is 0.461 e. The second-order valence-corrected chi connectivity index (χ2v) is 10.9. The molecule has 1 aliphatic rings. The molecule has 0 aliphatic heterocycles. The third kappa shape index (κ3) is 3.68. The highest BCUT2D eigenvalue weighted by Crippen LogP contribution is 2.52. The second kappa shape index (κ2) is 6.66. The SMILES string of the molecule is CC(I)C1(Br)[CH]C(Br)=CC(S(=O)(=O)C(F)(F)C(F)(F)C(F)(F)F)=C1. The fourth-order valence-electron chi connectivity index (χ4n) is 1.56. The fraction of sp³-hybridized carbons (Fsp3) is 0.545. The van der Waals surface area contributed by atoms with Gasteiger partial charge >= 0.3 is 17.4 Å². The summed E-state index contributed by atoms with van der Waals surface area (Å²) in [6.45, 7) is 1.54. The van der Waals surface area contributed by atoms with E-state index >= 15 is 0 Å². The van der Waals surface area contributed by atoms with Crippen molar-refractivity contribution in [3.05, 3.63) is 28.0 Å². The Kier molecular flexibility index (Phi) is 6.29. The van der Waals surface area contributed by atoms with Crippen LogP contribution in [-0.2, 0) is 9.84 Å². The number of rotatable bonds is 4. The molecule has 2 nitrogen and oxygen atoms in total. The van der Waals surface area contributed by atoms with Gasteiger partial charge in [0.1, 0.15) is 0 Å². The van der Waals surface area contributed by atoms with Crippen LogP contribution in [0.3, 0.4) is 0 Å². The minimum atomic E-state index is -6.76. The largest absolute Gasteiger partial charge is 0.461 e. The second-order valence-electron chi connectivity index (χ2n) is 4.76. The van der Waals surface area contributed by atoms with Crippen molar-refractivity contribution in [2.24, 2.45) is 0 Å². The van der Waals surface area contributed by atoms with Crippen molar-refractivity contribution in [1.29, 1.82) is 0 Å². The van der Waals surface area contributed by atoms with Gasteiger partial charge in [0.05, 0.1) is 9.23 Å². The lowest BCUT2D eigenvalue weighted by atomic mass is 9.98. The minimum absolute atomic E-state index is 0.0740. The van der Waals surface area contributed by atoms with Gasteiger partial charge < -0.3 is 0 Å². The van der Waals surface area contributed by atoms with Crippen molar-refractivity contribution in [3.63, 3.8) is 0 Å². The van der Waals surface area contributed by atoms with E-state index in [1.54, 1.807) is 29.5 Å². The molecule has 1 aliphatic carbocycles. The third-order valence-corrected chi connectivity index (χ3v) is 8.26. The maximum atomic E-state index is 13.7. The number of allylic oxidation sites excluding steroid dienone is 3. The van der Waals surface area contributed by atoms with E-state index < -0.39 is 40.3 Å². The van der Waals surface area contributed by atoms with E-state index in [0.717, 1.165) is 0 Å². The molecule has 0 aromatic heterocycles. The van der Waals surface area contributed by atoms with E-state index in [4.69, 9.17) is 0 Å². The average Bonchev–Trinajstić information content (AvgIpc) is 2.35. The van der Waals surface area contributed by atoms with Gasteiger partial charge in [-0.25, -0.2) is 8.42 Å². The zero-order chi connectivity index (χ0) is 19.4. The summed E-state index contributed by atoms with van der Waals surface area (Å²) in [6.07, 6.45) is -4.20. The lowest BCUT2D eigenvalue weighted by Crippen LogP contribution is -2.56. The number of alkyl halides is 9. The first-order chi connectivity index (χ1) is 10.4. The Morgan fingerprint density at radius 1 is 1.17 bits per heavy atom. The molecule has 2 atom stereocenters. The van der Waals surface area contributed by atoms with E-state index in [1.165, 1.54) is 6.42 Å². The van der Waals surface area contributed by atoms with Gasteiger partial charge in [-0.15, -0.1) is 0 Å². The van der Waals surface area contributed by atoms with Crippen molar-refractivity contribution < 1.29 is 39.2 Å². The Labute approximate surface area is 163 Å². The Bertz CT molecular complexity index is 685. The van der Waals surface area contributed by atoms with Crippen LogP contribution in [0.4, 0.5) is 30.7 Å². The van der Waals surface area contributed by atoms with E-state index in [1.807, 2.05) is 0 Å². The lowest BCUT2D eigenvalue weighted by Gasteiger charge is -2.33. The highest BCUT2D eigenvalue weighted by atomic mass is 127. The molecule has 13 heteroatoms. The lowest BCUT2D eigenvalue weighted by molar-refractivity contribution is -0.331. The number of hydrogen-bond acceptors (Lipinski definition) is 2. The summed E-state index contributed by atoms with van der Waals surface area (Å²) in [7, 11) is -6.34. The van der Waals surface area contributed by atoms with Gasteiger partial charge in [-0.1, -0.05) is 61.4 Å². The highest BCUT2D eigenvalue weighted by molar-refractivity contribution is 14.1. The Morgan fingerprint density at radius 2 is 1.62 bits per heavy atom. The first kappa shape index (κ1) is 22.7. The molecule has 0 heterocycles. The van der Waals surface area contributed by atoms with Gasteiger partial charge in [0.15, 0.2) is 0 Å².